The minimum absolute atomic E-state index is 0.0851. The Hall–Kier alpha value is -2.49. The zero-order valence-electron chi connectivity index (χ0n) is 8.98. The second-order valence-electron chi connectivity index (χ2n) is 3.44. The molecule has 0 aliphatic heterocycles. The molecule has 0 aromatic heterocycles. The van der Waals surface area contributed by atoms with Crippen molar-refractivity contribution in [2.45, 2.75) is 0 Å². The highest BCUT2D eigenvalue weighted by Gasteiger charge is 2.02. The first kappa shape index (κ1) is 11.0. The minimum atomic E-state index is -0.419. The van der Waals surface area contributed by atoms with Crippen molar-refractivity contribution in [2.75, 3.05) is 0 Å². The number of non-ortho nitro benzene ring substituents is 1. The number of rotatable bonds is 3. The minimum Gasteiger partial charge on any atom is -0.258 e. The molecule has 0 heterocycles. The summed E-state index contributed by atoms with van der Waals surface area (Å²) >= 11 is 0. The van der Waals surface area contributed by atoms with Crippen LogP contribution in [-0.2, 0) is 0 Å². The molecule has 0 aliphatic rings. The monoisotopic (exact) mass is 226 g/mol. The van der Waals surface area contributed by atoms with Gasteiger partial charge in [0.15, 0.2) is 0 Å². The van der Waals surface area contributed by atoms with Gasteiger partial charge in [0.1, 0.15) is 0 Å². The van der Waals surface area contributed by atoms with E-state index >= 15 is 0 Å². The third-order valence-electron chi connectivity index (χ3n) is 2.22. The van der Waals surface area contributed by atoms with Crippen molar-refractivity contribution in [3.05, 3.63) is 70.3 Å². The Bertz CT molecular complexity index is 533. The predicted molar refractivity (Wildman–Crippen MR) is 66.8 cm³/mol. The molecule has 0 saturated carbocycles. The molecule has 0 aliphatic carbocycles. The summed E-state index contributed by atoms with van der Waals surface area (Å²) in [6, 6.07) is 15.8. The fourth-order valence-electron chi connectivity index (χ4n) is 1.35. The molecule has 2 rings (SSSR count). The van der Waals surface area contributed by atoms with Crippen LogP contribution in [0.1, 0.15) is 5.56 Å². The average Bonchev–Trinajstić information content (AvgIpc) is 2.38. The fraction of sp³-hybridized carbons (Fsp3) is 0. The van der Waals surface area contributed by atoms with Crippen molar-refractivity contribution in [3.8, 4) is 0 Å². The molecule has 2 aromatic rings. The second-order valence-corrected chi connectivity index (χ2v) is 3.44. The van der Waals surface area contributed by atoms with Crippen LogP contribution in [0.25, 0.3) is 0 Å². The first-order valence-electron chi connectivity index (χ1n) is 5.09. The van der Waals surface area contributed by atoms with Gasteiger partial charge in [0.25, 0.3) is 5.69 Å². The van der Waals surface area contributed by atoms with Crippen LogP contribution in [0.4, 0.5) is 11.4 Å². The normalized spacial score (nSPS) is 10.6. The van der Waals surface area contributed by atoms with Crippen LogP contribution < -0.4 is 0 Å². The van der Waals surface area contributed by atoms with E-state index in [2.05, 4.69) is 4.99 Å². The van der Waals surface area contributed by atoms with Crippen molar-refractivity contribution in [2.24, 2.45) is 4.99 Å². The van der Waals surface area contributed by atoms with E-state index in [1.807, 2.05) is 30.3 Å². The molecular formula is C13H10N2O2. The SMILES string of the molecule is O=[N+]([O-])c1ccc(C=Nc2ccccc2)cc1. The molecule has 0 N–H and O–H groups in total. The number of benzene rings is 2. The molecule has 0 spiro atoms. The van der Waals surface area contributed by atoms with Gasteiger partial charge in [0, 0.05) is 18.3 Å². The zero-order chi connectivity index (χ0) is 12.1. The van der Waals surface area contributed by atoms with Gasteiger partial charge >= 0.3 is 0 Å². The Morgan fingerprint density at radius 1 is 1.00 bits per heavy atom. The Balaban J connectivity index is 2.14. The van der Waals surface area contributed by atoms with E-state index in [1.165, 1.54) is 12.1 Å². The van der Waals surface area contributed by atoms with Gasteiger partial charge in [-0.2, -0.15) is 0 Å². The van der Waals surface area contributed by atoms with Crippen LogP contribution in [0.3, 0.4) is 0 Å². The molecule has 0 bridgehead atoms. The van der Waals surface area contributed by atoms with Crippen molar-refractivity contribution in [1.29, 1.82) is 0 Å². The van der Waals surface area contributed by atoms with Crippen LogP contribution in [0.15, 0.2) is 59.6 Å². The summed E-state index contributed by atoms with van der Waals surface area (Å²) in [5.41, 5.74) is 1.77. The standard InChI is InChI=1S/C13H10N2O2/c16-15(17)13-8-6-11(7-9-13)10-14-12-4-2-1-3-5-12/h1-10H. The third kappa shape index (κ3) is 2.98. The number of hydrogen-bond donors (Lipinski definition) is 0. The highest BCUT2D eigenvalue weighted by Crippen LogP contribution is 2.13. The molecule has 0 atom stereocenters. The summed E-state index contributed by atoms with van der Waals surface area (Å²) < 4.78 is 0. The lowest BCUT2D eigenvalue weighted by Crippen LogP contribution is -1.88. The molecule has 0 fully saturated rings. The largest absolute Gasteiger partial charge is 0.269 e. The molecule has 0 radical (unpaired) electrons. The highest BCUT2D eigenvalue weighted by atomic mass is 16.6. The van der Waals surface area contributed by atoms with Gasteiger partial charge in [0.05, 0.1) is 10.6 Å². The lowest BCUT2D eigenvalue weighted by atomic mass is 10.2. The molecule has 17 heavy (non-hydrogen) atoms. The smallest absolute Gasteiger partial charge is 0.258 e. The molecule has 0 amide bonds. The van der Waals surface area contributed by atoms with Crippen LogP contribution in [0, 0.1) is 10.1 Å². The molecule has 0 saturated heterocycles. The Labute approximate surface area is 98.4 Å². The van der Waals surface area contributed by atoms with E-state index in [0.717, 1.165) is 11.3 Å². The van der Waals surface area contributed by atoms with Crippen molar-refractivity contribution in [1.82, 2.24) is 0 Å². The van der Waals surface area contributed by atoms with Crippen molar-refractivity contribution >= 4 is 17.6 Å². The molecular weight excluding hydrogens is 216 g/mol. The van der Waals surface area contributed by atoms with Crippen LogP contribution in [-0.4, -0.2) is 11.1 Å². The summed E-state index contributed by atoms with van der Waals surface area (Å²) in [5.74, 6) is 0. The van der Waals surface area contributed by atoms with Gasteiger partial charge in [-0.3, -0.25) is 15.1 Å². The number of nitrogens with zero attached hydrogens (tertiary/aromatic N) is 2. The van der Waals surface area contributed by atoms with Gasteiger partial charge in [-0.1, -0.05) is 18.2 Å². The van der Waals surface area contributed by atoms with E-state index < -0.39 is 4.92 Å². The summed E-state index contributed by atoms with van der Waals surface area (Å²) in [6.07, 6.45) is 1.68. The first-order chi connectivity index (χ1) is 8.25. The predicted octanol–water partition coefficient (Wildman–Crippen LogP) is 3.35. The zero-order valence-corrected chi connectivity index (χ0v) is 8.98. The van der Waals surface area contributed by atoms with Crippen LogP contribution in [0.5, 0.6) is 0 Å². The lowest BCUT2D eigenvalue weighted by Gasteiger charge is -1.94. The summed E-state index contributed by atoms with van der Waals surface area (Å²) in [7, 11) is 0. The maximum absolute atomic E-state index is 10.5. The maximum atomic E-state index is 10.5. The molecule has 84 valence electrons. The number of para-hydroxylation sites is 1. The van der Waals surface area contributed by atoms with Gasteiger partial charge < -0.3 is 0 Å². The Morgan fingerprint density at radius 3 is 2.24 bits per heavy atom. The van der Waals surface area contributed by atoms with E-state index in [1.54, 1.807) is 18.3 Å². The van der Waals surface area contributed by atoms with E-state index in [4.69, 9.17) is 0 Å². The van der Waals surface area contributed by atoms with E-state index in [0.29, 0.717) is 0 Å². The fourth-order valence-corrected chi connectivity index (χ4v) is 1.35. The summed E-state index contributed by atoms with van der Waals surface area (Å²) in [5, 5.41) is 10.5. The molecule has 2 aromatic carbocycles. The molecule has 4 heteroatoms. The Morgan fingerprint density at radius 2 is 1.65 bits per heavy atom. The number of nitro groups is 1. The second kappa shape index (κ2) is 5.03. The first-order valence-corrected chi connectivity index (χ1v) is 5.09. The highest BCUT2D eigenvalue weighted by molar-refractivity contribution is 5.82. The van der Waals surface area contributed by atoms with Gasteiger partial charge in [0.2, 0.25) is 0 Å². The summed E-state index contributed by atoms with van der Waals surface area (Å²) in [4.78, 5) is 14.3. The Kier molecular flexibility index (Phi) is 3.25. The van der Waals surface area contributed by atoms with Gasteiger partial charge in [-0.15, -0.1) is 0 Å². The van der Waals surface area contributed by atoms with Gasteiger partial charge in [-0.25, -0.2) is 0 Å². The number of aliphatic imine (C=N–C) groups is 1. The molecule has 0 unspecified atom stereocenters. The van der Waals surface area contributed by atoms with Crippen molar-refractivity contribution < 1.29 is 4.92 Å². The maximum Gasteiger partial charge on any atom is 0.269 e. The molecule has 4 nitrogen and oxygen atoms in total. The topological polar surface area (TPSA) is 55.5 Å². The number of hydrogen-bond acceptors (Lipinski definition) is 3. The van der Waals surface area contributed by atoms with Crippen molar-refractivity contribution in [3.63, 3.8) is 0 Å². The quantitative estimate of drug-likeness (QED) is 0.458. The van der Waals surface area contributed by atoms with Crippen LogP contribution >= 0.6 is 0 Å². The lowest BCUT2D eigenvalue weighted by molar-refractivity contribution is -0.384. The number of nitro benzene ring substituents is 1. The average molecular weight is 226 g/mol. The van der Waals surface area contributed by atoms with E-state index in [-0.39, 0.29) is 5.69 Å². The summed E-state index contributed by atoms with van der Waals surface area (Å²) in [6.45, 7) is 0. The third-order valence-corrected chi connectivity index (χ3v) is 2.22. The van der Waals surface area contributed by atoms with Crippen LogP contribution in [0.2, 0.25) is 0 Å². The van der Waals surface area contributed by atoms with Gasteiger partial charge in [-0.05, 0) is 29.8 Å². The van der Waals surface area contributed by atoms with E-state index in [9.17, 15) is 10.1 Å².